The van der Waals surface area contributed by atoms with Crippen molar-refractivity contribution in [3.63, 3.8) is 0 Å². The standard InChI is InChI=1S/C29H48/c1-7-22(20(2)3)9-8-10-23-12-14-26-25-13-11-24-19-21(4)15-17-29(24,6)27(25)16-18-28(23,26)5/h8-9,11,20-23,25-27H,7,10,12-19H2,1-6H3/b9-8+/t21-,22+,23-,25-,26?,27?,28+,29?/m0/s1. The molecular formula is C29H48. The van der Waals surface area contributed by atoms with E-state index in [-0.39, 0.29) is 0 Å². The molecule has 0 heteroatoms. The van der Waals surface area contributed by atoms with Gasteiger partial charge in [0, 0.05) is 0 Å². The van der Waals surface area contributed by atoms with Gasteiger partial charge in [-0.25, -0.2) is 0 Å². The molecule has 0 heterocycles. The van der Waals surface area contributed by atoms with Crippen molar-refractivity contribution < 1.29 is 0 Å². The topological polar surface area (TPSA) is 0 Å². The van der Waals surface area contributed by atoms with Gasteiger partial charge in [-0.3, -0.25) is 0 Å². The molecule has 8 atom stereocenters. The number of rotatable bonds is 5. The zero-order chi connectivity index (χ0) is 20.8. The number of allylic oxidation sites excluding steroid dienone is 4. The van der Waals surface area contributed by atoms with E-state index in [4.69, 9.17) is 0 Å². The van der Waals surface area contributed by atoms with Crippen molar-refractivity contribution in [1.82, 2.24) is 0 Å². The fourth-order valence-electron chi connectivity index (χ4n) is 8.59. The first kappa shape index (κ1) is 21.7. The molecular weight excluding hydrogens is 348 g/mol. The third kappa shape index (κ3) is 3.70. The highest BCUT2D eigenvalue weighted by Crippen LogP contribution is 2.66. The van der Waals surface area contributed by atoms with Gasteiger partial charge in [0.2, 0.25) is 0 Å². The van der Waals surface area contributed by atoms with E-state index in [9.17, 15) is 0 Å². The molecule has 4 aliphatic rings. The Morgan fingerprint density at radius 1 is 1.07 bits per heavy atom. The van der Waals surface area contributed by atoms with Crippen LogP contribution < -0.4 is 0 Å². The summed E-state index contributed by atoms with van der Waals surface area (Å²) in [5.74, 6) is 6.34. The Balaban J connectivity index is 1.48. The van der Waals surface area contributed by atoms with Gasteiger partial charge in [-0.15, -0.1) is 0 Å². The second kappa shape index (κ2) is 8.20. The number of hydrogen-bond acceptors (Lipinski definition) is 0. The Labute approximate surface area is 182 Å². The van der Waals surface area contributed by atoms with Gasteiger partial charge < -0.3 is 0 Å². The third-order valence-corrected chi connectivity index (χ3v) is 10.7. The summed E-state index contributed by atoms with van der Waals surface area (Å²) < 4.78 is 0. The molecule has 0 aromatic carbocycles. The summed E-state index contributed by atoms with van der Waals surface area (Å²) in [4.78, 5) is 0. The first-order valence-corrected chi connectivity index (χ1v) is 13.2. The van der Waals surface area contributed by atoms with Crippen LogP contribution in [0.3, 0.4) is 0 Å². The van der Waals surface area contributed by atoms with Crippen LogP contribution in [0.5, 0.6) is 0 Å². The van der Waals surface area contributed by atoms with Crippen LogP contribution >= 0.6 is 0 Å². The maximum absolute atomic E-state index is 2.74. The maximum atomic E-state index is 2.74. The first-order chi connectivity index (χ1) is 13.8. The van der Waals surface area contributed by atoms with Crippen LogP contribution in [0.2, 0.25) is 0 Å². The summed E-state index contributed by atoms with van der Waals surface area (Å²) >= 11 is 0. The van der Waals surface area contributed by atoms with Crippen molar-refractivity contribution in [3.8, 4) is 0 Å². The van der Waals surface area contributed by atoms with Crippen LogP contribution in [-0.4, -0.2) is 0 Å². The lowest BCUT2D eigenvalue weighted by Gasteiger charge is -2.58. The summed E-state index contributed by atoms with van der Waals surface area (Å²) in [6.07, 6.45) is 22.2. The van der Waals surface area contributed by atoms with Crippen molar-refractivity contribution in [3.05, 3.63) is 23.8 Å². The minimum atomic E-state index is 0.542. The Bertz CT molecular complexity index is 638. The average molecular weight is 397 g/mol. The van der Waals surface area contributed by atoms with Crippen LogP contribution in [0.25, 0.3) is 0 Å². The largest absolute Gasteiger partial charge is 0.0880 e. The second-order valence-corrected chi connectivity index (χ2v) is 12.4. The van der Waals surface area contributed by atoms with E-state index in [1.807, 2.05) is 5.57 Å². The van der Waals surface area contributed by atoms with E-state index in [0.717, 1.165) is 41.4 Å². The minimum Gasteiger partial charge on any atom is -0.0880 e. The van der Waals surface area contributed by atoms with E-state index in [2.05, 4.69) is 59.8 Å². The molecule has 4 rings (SSSR count). The van der Waals surface area contributed by atoms with E-state index in [1.54, 1.807) is 0 Å². The van der Waals surface area contributed by atoms with Gasteiger partial charge in [0.1, 0.15) is 0 Å². The third-order valence-electron chi connectivity index (χ3n) is 10.7. The van der Waals surface area contributed by atoms with Crippen LogP contribution in [0.15, 0.2) is 23.8 Å². The fraction of sp³-hybridized carbons (Fsp3) is 0.862. The fourth-order valence-corrected chi connectivity index (χ4v) is 8.59. The van der Waals surface area contributed by atoms with Crippen molar-refractivity contribution in [2.45, 2.75) is 106 Å². The molecule has 3 unspecified atom stereocenters. The smallest absolute Gasteiger partial charge is 0.00851 e. The van der Waals surface area contributed by atoms with Crippen LogP contribution in [0, 0.1) is 52.3 Å². The molecule has 164 valence electrons. The summed E-state index contributed by atoms with van der Waals surface area (Å²) in [5.41, 5.74) is 3.01. The molecule has 0 bridgehead atoms. The van der Waals surface area contributed by atoms with Gasteiger partial charge >= 0.3 is 0 Å². The highest BCUT2D eigenvalue weighted by Gasteiger charge is 2.58. The molecule has 0 aromatic heterocycles. The Hall–Kier alpha value is -0.520. The Kier molecular flexibility index (Phi) is 6.14. The summed E-state index contributed by atoms with van der Waals surface area (Å²) in [5, 5.41) is 0. The quantitative estimate of drug-likeness (QED) is 0.407. The Morgan fingerprint density at radius 2 is 1.86 bits per heavy atom. The Morgan fingerprint density at radius 3 is 2.59 bits per heavy atom. The van der Waals surface area contributed by atoms with Crippen molar-refractivity contribution >= 4 is 0 Å². The number of fused-ring (bicyclic) bond motifs is 5. The predicted octanol–water partition coefficient (Wildman–Crippen LogP) is 8.83. The van der Waals surface area contributed by atoms with Gasteiger partial charge in [0.15, 0.2) is 0 Å². The predicted molar refractivity (Wildman–Crippen MR) is 127 cm³/mol. The van der Waals surface area contributed by atoms with Crippen molar-refractivity contribution in [2.24, 2.45) is 52.3 Å². The molecule has 4 aliphatic carbocycles. The lowest BCUT2D eigenvalue weighted by Crippen LogP contribution is -2.49. The monoisotopic (exact) mass is 396 g/mol. The van der Waals surface area contributed by atoms with Gasteiger partial charge in [-0.05, 0) is 116 Å². The van der Waals surface area contributed by atoms with Crippen molar-refractivity contribution in [2.75, 3.05) is 0 Å². The van der Waals surface area contributed by atoms with E-state index in [1.165, 1.54) is 64.2 Å². The van der Waals surface area contributed by atoms with Crippen LogP contribution in [0.4, 0.5) is 0 Å². The maximum Gasteiger partial charge on any atom is -0.00851 e. The van der Waals surface area contributed by atoms with Crippen LogP contribution in [0.1, 0.15) is 106 Å². The zero-order valence-corrected chi connectivity index (χ0v) is 20.3. The summed E-state index contributed by atoms with van der Waals surface area (Å²) in [6.45, 7) is 14.9. The highest BCUT2D eigenvalue weighted by atomic mass is 14.6. The lowest BCUT2D eigenvalue weighted by molar-refractivity contribution is -0.0432. The molecule has 0 spiro atoms. The summed E-state index contributed by atoms with van der Waals surface area (Å²) in [6, 6.07) is 0. The van der Waals surface area contributed by atoms with E-state index in [0.29, 0.717) is 10.8 Å². The van der Waals surface area contributed by atoms with Gasteiger partial charge in [-0.1, -0.05) is 65.3 Å². The van der Waals surface area contributed by atoms with Crippen molar-refractivity contribution in [1.29, 1.82) is 0 Å². The molecule has 0 N–H and O–H groups in total. The molecule has 0 saturated heterocycles. The summed E-state index contributed by atoms with van der Waals surface area (Å²) in [7, 11) is 0. The normalized spacial score (nSPS) is 45.6. The SMILES string of the molecule is CC[C@H](/C=C/C[C@H]1CCC2[C@@H]3CC=C4C[C@@H](C)CCC4(C)C3CC[C@@]21C)C(C)C. The zero-order valence-electron chi connectivity index (χ0n) is 20.3. The average Bonchev–Trinajstić information content (AvgIpc) is 3.02. The van der Waals surface area contributed by atoms with E-state index < -0.39 is 0 Å². The molecule has 3 fully saturated rings. The minimum absolute atomic E-state index is 0.542. The molecule has 3 saturated carbocycles. The van der Waals surface area contributed by atoms with Gasteiger partial charge in [0.25, 0.3) is 0 Å². The van der Waals surface area contributed by atoms with Gasteiger partial charge in [0.05, 0.1) is 0 Å². The molecule has 0 nitrogen and oxygen atoms in total. The second-order valence-electron chi connectivity index (χ2n) is 12.4. The molecule has 0 aliphatic heterocycles. The first-order valence-electron chi connectivity index (χ1n) is 13.2. The van der Waals surface area contributed by atoms with Crippen LogP contribution in [-0.2, 0) is 0 Å². The molecule has 29 heavy (non-hydrogen) atoms. The molecule has 0 radical (unpaired) electrons. The molecule has 0 amide bonds. The lowest BCUT2D eigenvalue weighted by atomic mass is 9.47. The molecule has 0 aromatic rings. The van der Waals surface area contributed by atoms with E-state index >= 15 is 0 Å². The number of hydrogen-bond donors (Lipinski definition) is 0. The highest BCUT2D eigenvalue weighted by molar-refractivity contribution is 5.25. The van der Waals surface area contributed by atoms with Gasteiger partial charge in [-0.2, -0.15) is 0 Å².